The first kappa shape index (κ1) is 52.6. The molecule has 1 aliphatic carbocycles. The van der Waals surface area contributed by atoms with E-state index in [9.17, 15) is 65.1 Å². The molecule has 1 atom stereocenters. The van der Waals surface area contributed by atoms with Crippen molar-refractivity contribution in [2.75, 3.05) is 37.9 Å². The number of nitro groups is 1. The molecular formula is C34H36Cl2F3N2O15PS2. The van der Waals surface area contributed by atoms with E-state index in [0.29, 0.717) is 23.4 Å². The number of nitrogens with zero attached hydrogens (tertiary/aromatic N) is 1. The van der Waals surface area contributed by atoms with E-state index in [1.165, 1.54) is 12.1 Å². The van der Waals surface area contributed by atoms with Crippen molar-refractivity contribution in [2.45, 2.75) is 30.3 Å². The molecule has 25 heteroatoms. The number of hydrogen-bond acceptors (Lipinski definition) is 13. The molecular weight excluding hydrogens is 899 g/mol. The number of aromatic carboxylic acids is 1. The number of benzene rings is 3. The number of alkyl halides is 3. The minimum atomic E-state index is -4.58. The summed E-state index contributed by atoms with van der Waals surface area (Å²) in [6, 6.07) is 8.91. The molecule has 0 amide bonds. The Labute approximate surface area is 347 Å². The van der Waals surface area contributed by atoms with Gasteiger partial charge in [-0.25, -0.2) is 13.2 Å². The first-order valence-electron chi connectivity index (χ1n) is 16.1. The van der Waals surface area contributed by atoms with Gasteiger partial charge in [0, 0.05) is 36.8 Å². The van der Waals surface area contributed by atoms with Gasteiger partial charge < -0.3 is 29.3 Å². The number of nitro benzene ring substituents is 1. The van der Waals surface area contributed by atoms with E-state index in [1.807, 2.05) is 5.32 Å². The van der Waals surface area contributed by atoms with E-state index >= 15 is 0 Å². The number of sulfone groups is 1. The molecule has 1 fully saturated rings. The van der Waals surface area contributed by atoms with Crippen LogP contribution in [0.15, 0.2) is 59.5 Å². The van der Waals surface area contributed by atoms with Gasteiger partial charge in [0.25, 0.3) is 5.69 Å². The van der Waals surface area contributed by atoms with Gasteiger partial charge in [0.05, 0.1) is 57.0 Å². The van der Waals surface area contributed by atoms with Crippen LogP contribution in [-0.2, 0) is 45.9 Å². The van der Waals surface area contributed by atoms with E-state index in [-0.39, 0.29) is 44.8 Å². The number of nitrogens with one attached hydrogen (secondary N) is 1. The van der Waals surface area contributed by atoms with Crippen molar-refractivity contribution in [3.63, 3.8) is 0 Å². The van der Waals surface area contributed by atoms with Crippen molar-refractivity contribution < 1.29 is 79.8 Å². The molecule has 0 saturated heterocycles. The van der Waals surface area contributed by atoms with Crippen molar-refractivity contribution >= 4 is 86.5 Å². The van der Waals surface area contributed by atoms with Crippen molar-refractivity contribution in [2.24, 2.45) is 5.92 Å². The molecule has 0 heterocycles. The van der Waals surface area contributed by atoms with Crippen LogP contribution in [0.1, 0.15) is 45.5 Å². The van der Waals surface area contributed by atoms with Gasteiger partial charge in [-0.15, -0.1) is 0 Å². The molecule has 59 heavy (non-hydrogen) atoms. The molecule has 3 aromatic carbocycles. The topological polar surface area (TPSA) is 285 Å². The molecule has 4 rings (SSSR count). The highest BCUT2D eigenvalue weighted by atomic mass is 35.5. The minimum absolute atomic E-state index is 0.00216. The maximum atomic E-state index is 12.6. The maximum absolute atomic E-state index is 12.6. The SMILES string of the molecule is CS(=O)(=O)c1ccc(C(=O)C2C(=O)CCCC2=O)c(Cl)c1.C[S+](C)C.O=C(O)CNCP(=O)([O-])O.O=C(O)c1cc(Oc2ccc(C(F)(F)F)cc2Cl)ccc1[N+](=O)[O-]. The van der Waals surface area contributed by atoms with E-state index in [2.05, 4.69) is 18.8 Å². The van der Waals surface area contributed by atoms with Crippen LogP contribution in [0.25, 0.3) is 0 Å². The Morgan fingerprint density at radius 3 is 1.95 bits per heavy atom. The zero-order chi connectivity index (χ0) is 45.6. The summed E-state index contributed by atoms with van der Waals surface area (Å²) in [5.41, 5.74) is -2.25. The van der Waals surface area contributed by atoms with Crippen LogP contribution in [0.4, 0.5) is 18.9 Å². The zero-order valence-electron chi connectivity index (χ0n) is 31.2. The lowest BCUT2D eigenvalue weighted by atomic mass is 9.82. The number of carboxylic acid groups (broad SMARTS) is 2. The van der Waals surface area contributed by atoms with Gasteiger partial charge in [-0.2, -0.15) is 13.2 Å². The quantitative estimate of drug-likeness (QED) is 0.0475. The van der Waals surface area contributed by atoms with Crippen LogP contribution in [0, 0.1) is 16.0 Å². The molecule has 3 aromatic rings. The van der Waals surface area contributed by atoms with Gasteiger partial charge in [0.15, 0.2) is 27.2 Å². The number of ketones is 3. The third-order valence-electron chi connectivity index (χ3n) is 6.86. The number of halogens is 5. The molecule has 324 valence electrons. The summed E-state index contributed by atoms with van der Waals surface area (Å²) >= 11 is 11.7. The molecule has 1 aliphatic rings. The summed E-state index contributed by atoms with van der Waals surface area (Å²) in [6.07, 6.45) is 3.17. The number of carboxylic acids is 2. The first-order valence-corrected chi connectivity index (χ1v) is 22.9. The van der Waals surface area contributed by atoms with Crippen molar-refractivity contribution in [1.29, 1.82) is 0 Å². The predicted octanol–water partition coefficient (Wildman–Crippen LogP) is 5.28. The second-order valence-electron chi connectivity index (χ2n) is 12.3. The lowest BCUT2D eigenvalue weighted by Crippen LogP contribution is -2.35. The van der Waals surface area contributed by atoms with E-state index in [1.54, 1.807) is 0 Å². The minimum Gasteiger partial charge on any atom is -0.778 e. The summed E-state index contributed by atoms with van der Waals surface area (Å²) in [5.74, 6) is -5.78. The van der Waals surface area contributed by atoms with Crippen molar-refractivity contribution in [3.05, 3.63) is 91.4 Å². The Hall–Kier alpha value is -4.41. The lowest BCUT2D eigenvalue weighted by molar-refractivity contribution is -0.385. The Morgan fingerprint density at radius 1 is 0.966 bits per heavy atom. The van der Waals surface area contributed by atoms with Crippen LogP contribution < -0.4 is 14.9 Å². The smallest absolute Gasteiger partial charge is 0.416 e. The molecule has 17 nitrogen and oxygen atoms in total. The molecule has 0 spiro atoms. The van der Waals surface area contributed by atoms with Gasteiger partial charge >= 0.3 is 18.1 Å². The first-order chi connectivity index (χ1) is 27.0. The number of Topliss-reactive ketones (excluding diaryl/α,β-unsaturated/α-hetero) is 3. The average Bonchev–Trinajstić information content (AvgIpc) is 3.07. The molecule has 0 radical (unpaired) electrons. The Morgan fingerprint density at radius 2 is 1.53 bits per heavy atom. The highest BCUT2D eigenvalue weighted by Gasteiger charge is 2.37. The van der Waals surface area contributed by atoms with E-state index in [0.717, 1.165) is 42.7 Å². The highest BCUT2D eigenvalue weighted by Crippen LogP contribution is 2.37. The Balaban J connectivity index is 0.000000452. The molecule has 0 bridgehead atoms. The van der Waals surface area contributed by atoms with Crippen molar-refractivity contribution in [1.82, 2.24) is 5.32 Å². The van der Waals surface area contributed by atoms with Gasteiger partial charge in [0.1, 0.15) is 30.6 Å². The second kappa shape index (κ2) is 22.8. The number of ether oxygens (including phenoxy) is 1. The fourth-order valence-corrected chi connectivity index (χ4v) is 5.98. The standard InChI is InChI=1S/C14H7ClF3NO5.C14H13ClO5S.C3H8NO5P.C3H9S/c15-10-5-7(14(16,17)18)1-4-12(10)24-8-2-3-11(19(22)23)9(6-8)13(20)21;1-21(19,20)8-5-6-9(10(15)7-8)14(18)13-11(16)3-2-4-12(13)17;5-3(6)1-4-2-10(7,8)9;1-4(2)3/h1-6H,(H,20,21);5-7,13H,2-4H2,1H3;4H,1-2H2,(H,5,6)(H2,7,8,9);1-3H3/q;;;+1/p-1. The molecule has 0 aliphatic heterocycles. The van der Waals surface area contributed by atoms with Gasteiger partial charge in [-0.3, -0.25) is 34.6 Å². The molecule has 1 saturated carbocycles. The Kier molecular flexibility index (Phi) is 20.3. The van der Waals surface area contributed by atoms with E-state index in [4.69, 9.17) is 43.0 Å². The summed E-state index contributed by atoms with van der Waals surface area (Å²) in [4.78, 5) is 84.5. The highest BCUT2D eigenvalue weighted by molar-refractivity contribution is 7.94. The lowest BCUT2D eigenvalue weighted by Gasteiger charge is -2.18. The van der Waals surface area contributed by atoms with E-state index < -0.39 is 93.4 Å². The monoisotopic (exact) mass is 934 g/mol. The van der Waals surface area contributed by atoms with Crippen LogP contribution in [-0.4, -0.2) is 95.6 Å². The summed E-state index contributed by atoms with van der Waals surface area (Å²) in [7, 11) is -7.15. The molecule has 0 aromatic heterocycles. The summed E-state index contributed by atoms with van der Waals surface area (Å²) in [5, 5.41) is 29.3. The van der Waals surface area contributed by atoms with Crippen molar-refractivity contribution in [3.8, 4) is 11.5 Å². The second-order valence-corrected chi connectivity index (χ2v) is 19.2. The molecule has 1 unspecified atom stereocenters. The largest absolute Gasteiger partial charge is 0.778 e. The van der Waals surface area contributed by atoms with Gasteiger partial charge in [-0.05, 0) is 59.8 Å². The van der Waals surface area contributed by atoms with Gasteiger partial charge in [0.2, 0.25) is 0 Å². The number of rotatable bonds is 11. The number of aliphatic carboxylic acids is 1. The van der Waals surface area contributed by atoms with Gasteiger partial charge in [-0.1, -0.05) is 23.2 Å². The van der Waals surface area contributed by atoms with Crippen LogP contribution in [0.5, 0.6) is 11.5 Å². The molecule has 4 N–H and O–H groups in total. The van der Waals surface area contributed by atoms with Crippen LogP contribution in [0.3, 0.4) is 0 Å². The average molecular weight is 936 g/mol. The zero-order valence-corrected chi connectivity index (χ0v) is 35.2. The Bertz CT molecular complexity index is 2200. The predicted molar refractivity (Wildman–Crippen MR) is 208 cm³/mol. The summed E-state index contributed by atoms with van der Waals surface area (Å²) < 4.78 is 75.7. The fraction of sp³-hybridized carbons (Fsp3) is 0.324. The third-order valence-corrected chi connectivity index (χ3v) is 9.20. The number of carbonyl (C=O) groups excluding carboxylic acids is 3. The third kappa shape index (κ3) is 18.6. The normalized spacial score (nSPS) is 14.0. The maximum Gasteiger partial charge on any atom is 0.416 e. The summed E-state index contributed by atoms with van der Waals surface area (Å²) in [6.45, 7) is -0.479. The van der Waals surface area contributed by atoms with Crippen LogP contribution in [0.2, 0.25) is 10.0 Å². The fourth-order valence-electron chi connectivity index (χ4n) is 4.38. The number of carbonyl (C=O) groups is 5. The van der Waals surface area contributed by atoms with Crippen LogP contribution >= 0.6 is 30.8 Å². The number of hydrogen-bond donors (Lipinski definition) is 4.